The summed E-state index contributed by atoms with van der Waals surface area (Å²) < 4.78 is 0. The van der Waals surface area contributed by atoms with Gasteiger partial charge < -0.3 is 10.6 Å². The van der Waals surface area contributed by atoms with Crippen molar-refractivity contribution in [1.29, 1.82) is 0 Å². The van der Waals surface area contributed by atoms with Crippen LogP contribution in [0.1, 0.15) is 25.0 Å². The van der Waals surface area contributed by atoms with Crippen LogP contribution in [0, 0.1) is 0 Å². The van der Waals surface area contributed by atoms with Crippen LogP contribution >= 0.6 is 0 Å². The molecule has 0 fully saturated rings. The maximum atomic E-state index is 11.8. The lowest BCUT2D eigenvalue weighted by atomic mass is 9.95. The number of nitrogens with one attached hydrogen (secondary N) is 2. The number of hydrogen-bond acceptors (Lipinski definition) is 2. The number of carbonyl (C=O) groups is 1. The molecule has 16 heavy (non-hydrogen) atoms. The molecule has 1 heterocycles. The number of hydrogen-bond donors (Lipinski definition) is 2. The molecule has 1 aliphatic rings. The lowest BCUT2D eigenvalue weighted by molar-refractivity contribution is -0.123. The molecule has 2 rings (SSSR count). The van der Waals surface area contributed by atoms with E-state index in [4.69, 9.17) is 0 Å². The lowest BCUT2D eigenvalue weighted by Gasteiger charge is -2.26. The topological polar surface area (TPSA) is 41.1 Å². The first kappa shape index (κ1) is 11.1. The van der Waals surface area contributed by atoms with E-state index in [1.54, 1.807) is 0 Å². The second kappa shape index (κ2) is 4.66. The van der Waals surface area contributed by atoms with E-state index in [2.05, 4.69) is 22.8 Å². The Hall–Kier alpha value is -1.35. The average Bonchev–Trinajstić information content (AvgIpc) is 2.27. The first-order valence-corrected chi connectivity index (χ1v) is 5.77. The summed E-state index contributed by atoms with van der Waals surface area (Å²) in [6, 6.07) is 8.39. The highest BCUT2D eigenvalue weighted by molar-refractivity contribution is 5.82. The number of fused-ring (bicyclic) bond motifs is 1. The monoisotopic (exact) mass is 218 g/mol. The molecule has 1 aromatic rings. The van der Waals surface area contributed by atoms with Crippen LogP contribution < -0.4 is 10.6 Å². The fraction of sp³-hybridized carbons (Fsp3) is 0.462. The van der Waals surface area contributed by atoms with Gasteiger partial charge in [-0.3, -0.25) is 4.79 Å². The van der Waals surface area contributed by atoms with E-state index < -0.39 is 0 Å². The molecule has 0 saturated carbocycles. The van der Waals surface area contributed by atoms with Crippen LogP contribution in [0.2, 0.25) is 0 Å². The predicted molar refractivity (Wildman–Crippen MR) is 64.1 cm³/mol. The van der Waals surface area contributed by atoms with Crippen molar-refractivity contribution in [2.24, 2.45) is 0 Å². The van der Waals surface area contributed by atoms with Crippen molar-refractivity contribution >= 4 is 5.91 Å². The SMILES string of the molecule is CC(C)NC(=O)[C@H]1Cc2ccccc2CN1. The number of amides is 1. The lowest BCUT2D eigenvalue weighted by Crippen LogP contribution is -2.49. The van der Waals surface area contributed by atoms with E-state index >= 15 is 0 Å². The van der Waals surface area contributed by atoms with E-state index in [-0.39, 0.29) is 18.0 Å². The molecule has 0 aromatic heterocycles. The Balaban J connectivity index is 2.05. The minimum atomic E-state index is -0.0858. The zero-order valence-corrected chi connectivity index (χ0v) is 9.79. The molecule has 0 radical (unpaired) electrons. The summed E-state index contributed by atoms with van der Waals surface area (Å²) in [5.41, 5.74) is 2.58. The van der Waals surface area contributed by atoms with Crippen molar-refractivity contribution < 1.29 is 4.79 Å². The molecule has 0 aliphatic carbocycles. The Kier molecular flexibility index (Phi) is 3.25. The summed E-state index contributed by atoms with van der Waals surface area (Å²) in [6.45, 7) is 4.75. The molecule has 0 spiro atoms. The molecule has 0 saturated heterocycles. The highest BCUT2D eigenvalue weighted by Gasteiger charge is 2.23. The normalized spacial score (nSPS) is 19.3. The minimum absolute atomic E-state index is 0.0858. The molecule has 1 atom stereocenters. The Morgan fingerprint density at radius 1 is 1.38 bits per heavy atom. The standard InChI is InChI=1S/C13H18N2O/c1-9(2)15-13(16)12-7-10-5-3-4-6-11(10)8-14-12/h3-6,9,12,14H,7-8H2,1-2H3,(H,15,16)/t12-/m1/s1. The van der Waals surface area contributed by atoms with Crippen molar-refractivity contribution in [1.82, 2.24) is 10.6 Å². The van der Waals surface area contributed by atoms with Gasteiger partial charge in [0, 0.05) is 12.6 Å². The third kappa shape index (κ3) is 2.42. The van der Waals surface area contributed by atoms with E-state index in [9.17, 15) is 4.79 Å². The third-order valence-electron chi connectivity index (χ3n) is 2.83. The Morgan fingerprint density at radius 3 is 2.75 bits per heavy atom. The average molecular weight is 218 g/mol. The predicted octanol–water partition coefficient (Wildman–Crippen LogP) is 1.23. The van der Waals surface area contributed by atoms with Crippen LogP contribution in [0.25, 0.3) is 0 Å². The zero-order valence-electron chi connectivity index (χ0n) is 9.79. The molecule has 1 aromatic carbocycles. The van der Waals surface area contributed by atoms with E-state index in [1.165, 1.54) is 11.1 Å². The fourth-order valence-corrected chi connectivity index (χ4v) is 2.02. The third-order valence-corrected chi connectivity index (χ3v) is 2.83. The summed E-state index contributed by atoms with van der Waals surface area (Å²) in [6.07, 6.45) is 0.786. The van der Waals surface area contributed by atoms with E-state index in [0.29, 0.717) is 0 Å². The highest BCUT2D eigenvalue weighted by Crippen LogP contribution is 2.16. The molecule has 0 unspecified atom stereocenters. The van der Waals surface area contributed by atoms with Gasteiger partial charge in [0.15, 0.2) is 0 Å². The molecular formula is C13H18N2O. The Bertz CT molecular complexity index is 387. The van der Waals surface area contributed by atoms with Crippen LogP contribution in [0.4, 0.5) is 0 Å². The van der Waals surface area contributed by atoms with Crippen molar-refractivity contribution in [3.05, 3.63) is 35.4 Å². The van der Waals surface area contributed by atoms with Crippen LogP contribution in [-0.2, 0) is 17.8 Å². The largest absolute Gasteiger partial charge is 0.353 e. The highest BCUT2D eigenvalue weighted by atomic mass is 16.2. The molecule has 2 N–H and O–H groups in total. The van der Waals surface area contributed by atoms with Gasteiger partial charge in [-0.15, -0.1) is 0 Å². The first-order valence-electron chi connectivity index (χ1n) is 5.77. The van der Waals surface area contributed by atoms with Crippen molar-refractivity contribution in [3.8, 4) is 0 Å². The van der Waals surface area contributed by atoms with E-state index in [0.717, 1.165) is 13.0 Å². The second-order valence-electron chi connectivity index (χ2n) is 4.57. The van der Waals surface area contributed by atoms with Gasteiger partial charge in [0.2, 0.25) is 5.91 Å². The summed E-state index contributed by atoms with van der Waals surface area (Å²) in [5, 5.41) is 6.21. The molecule has 1 aliphatic heterocycles. The van der Waals surface area contributed by atoms with Crippen LogP contribution in [-0.4, -0.2) is 18.0 Å². The van der Waals surface area contributed by atoms with Gasteiger partial charge in [0.1, 0.15) is 0 Å². The number of rotatable bonds is 2. The van der Waals surface area contributed by atoms with Crippen molar-refractivity contribution in [2.75, 3.05) is 0 Å². The van der Waals surface area contributed by atoms with Crippen molar-refractivity contribution in [2.45, 2.75) is 38.9 Å². The fourth-order valence-electron chi connectivity index (χ4n) is 2.02. The smallest absolute Gasteiger partial charge is 0.237 e. The number of carbonyl (C=O) groups excluding carboxylic acids is 1. The summed E-state index contributed by atoms with van der Waals surface area (Å²) >= 11 is 0. The molecule has 1 amide bonds. The first-order chi connectivity index (χ1) is 7.66. The minimum Gasteiger partial charge on any atom is -0.353 e. The second-order valence-corrected chi connectivity index (χ2v) is 4.57. The molecule has 0 bridgehead atoms. The van der Waals surface area contributed by atoms with Crippen LogP contribution in [0.3, 0.4) is 0 Å². The van der Waals surface area contributed by atoms with Gasteiger partial charge in [-0.05, 0) is 31.4 Å². The van der Waals surface area contributed by atoms with Gasteiger partial charge in [-0.2, -0.15) is 0 Å². The van der Waals surface area contributed by atoms with Crippen LogP contribution in [0.5, 0.6) is 0 Å². The zero-order chi connectivity index (χ0) is 11.5. The molecular weight excluding hydrogens is 200 g/mol. The van der Waals surface area contributed by atoms with Gasteiger partial charge in [-0.25, -0.2) is 0 Å². The molecule has 86 valence electrons. The van der Waals surface area contributed by atoms with E-state index in [1.807, 2.05) is 26.0 Å². The van der Waals surface area contributed by atoms with Crippen molar-refractivity contribution in [3.63, 3.8) is 0 Å². The molecule has 3 nitrogen and oxygen atoms in total. The quantitative estimate of drug-likeness (QED) is 0.784. The van der Waals surface area contributed by atoms with Gasteiger partial charge in [0.05, 0.1) is 6.04 Å². The number of benzene rings is 1. The molecule has 3 heteroatoms. The van der Waals surface area contributed by atoms with Gasteiger partial charge >= 0.3 is 0 Å². The maximum absolute atomic E-state index is 11.8. The summed E-state index contributed by atoms with van der Waals surface area (Å²) in [7, 11) is 0. The Labute approximate surface area is 96.2 Å². The maximum Gasteiger partial charge on any atom is 0.237 e. The van der Waals surface area contributed by atoms with Gasteiger partial charge in [-0.1, -0.05) is 24.3 Å². The van der Waals surface area contributed by atoms with Gasteiger partial charge in [0.25, 0.3) is 0 Å². The summed E-state index contributed by atoms with van der Waals surface area (Å²) in [5.74, 6) is 0.101. The summed E-state index contributed by atoms with van der Waals surface area (Å²) in [4.78, 5) is 11.8. The Morgan fingerprint density at radius 2 is 2.06 bits per heavy atom. The van der Waals surface area contributed by atoms with Crippen LogP contribution in [0.15, 0.2) is 24.3 Å².